The zero-order valence-corrected chi connectivity index (χ0v) is 23.9. The van der Waals surface area contributed by atoms with Crippen LogP contribution in [0.4, 0.5) is 0 Å². The molecule has 0 fully saturated rings. The lowest BCUT2D eigenvalue weighted by Crippen LogP contribution is -2.27. The van der Waals surface area contributed by atoms with Crippen LogP contribution < -0.4 is 4.74 Å². The van der Waals surface area contributed by atoms with Gasteiger partial charge in [-0.1, -0.05) is 51.8 Å². The lowest BCUT2D eigenvalue weighted by Gasteiger charge is -2.19. The van der Waals surface area contributed by atoms with E-state index < -0.39 is 21.6 Å². The normalized spacial score (nSPS) is 12.2. The number of fused-ring (bicyclic) bond motifs is 2. The Hall–Kier alpha value is -3.27. The molecule has 0 atom stereocenters. The number of esters is 1. The maximum atomic E-state index is 13.8. The van der Waals surface area contributed by atoms with Crippen molar-refractivity contribution in [3.63, 3.8) is 0 Å². The lowest BCUT2D eigenvalue weighted by atomic mass is 10.2. The summed E-state index contributed by atoms with van der Waals surface area (Å²) in [5.41, 5.74) is 1.61. The molecule has 0 bridgehead atoms. The third-order valence-corrected chi connectivity index (χ3v) is 8.25. The van der Waals surface area contributed by atoms with Gasteiger partial charge in [0.1, 0.15) is 11.4 Å². The van der Waals surface area contributed by atoms with E-state index >= 15 is 0 Å². The van der Waals surface area contributed by atoms with Crippen molar-refractivity contribution in [2.45, 2.75) is 31.3 Å². The number of aromatic amines is 1. The van der Waals surface area contributed by atoms with Crippen molar-refractivity contribution < 1.29 is 22.7 Å². The standard InChI is InChI=1S/C28H24BrClN2O5S/c1-28(2,3)37-27(33)16-36-26-15-22-18(11-21(26)30)12-23(31-22)25-13-17-9-10-19(29)14-24(17)32(25)38(34,35)20-7-5-4-6-8-20/h4-15,31H,16H2,1-3H3. The topological polar surface area (TPSA) is 90.4 Å². The Morgan fingerprint density at radius 2 is 1.74 bits per heavy atom. The fourth-order valence-electron chi connectivity index (χ4n) is 4.18. The Labute approximate surface area is 233 Å². The highest BCUT2D eigenvalue weighted by molar-refractivity contribution is 9.10. The fraction of sp³-hybridized carbons (Fsp3) is 0.179. The minimum absolute atomic E-state index is 0.177. The maximum absolute atomic E-state index is 13.8. The van der Waals surface area contributed by atoms with E-state index in [4.69, 9.17) is 21.1 Å². The zero-order valence-electron chi connectivity index (χ0n) is 20.8. The van der Waals surface area contributed by atoms with Gasteiger partial charge in [-0.25, -0.2) is 17.2 Å². The molecule has 1 N–H and O–H groups in total. The molecular weight excluding hydrogens is 592 g/mol. The van der Waals surface area contributed by atoms with Crippen LogP contribution in [0.2, 0.25) is 5.02 Å². The number of rotatable bonds is 6. The second kappa shape index (κ2) is 9.80. The number of H-pyrrole nitrogens is 1. The van der Waals surface area contributed by atoms with E-state index in [0.29, 0.717) is 33.2 Å². The molecule has 0 unspecified atom stereocenters. The predicted octanol–water partition coefficient (Wildman–Crippen LogP) is 7.16. The third kappa shape index (κ3) is 5.18. The first-order valence-corrected chi connectivity index (χ1v) is 14.3. The van der Waals surface area contributed by atoms with E-state index in [9.17, 15) is 13.2 Å². The maximum Gasteiger partial charge on any atom is 0.344 e. The molecule has 0 spiro atoms. The first-order valence-electron chi connectivity index (χ1n) is 11.7. The van der Waals surface area contributed by atoms with E-state index in [1.165, 1.54) is 3.97 Å². The van der Waals surface area contributed by atoms with Crippen LogP contribution in [-0.4, -0.2) is 35.6 Å². The summed E-state index contributed by atoms with van der Waals surface area (Å²) in [6.07, 6.45) is 0. The Morgan fingerprint density at radius 1 is 1.00 bits per heavy atom. The number of carbonyl (C=O) groups is 1. The Bertz CT molecular complexity index is 1790. The fourth-order valence-corrected chi connectivity index (χ4v) is 6.30. The van der Waals surface area contributed by atoms with Crippen molar-refractivity contribution in [2.24, 2.45) is 0 Å². The number of hydrogen-bond acceptors (Lipinski definition) is 5. The molecule has 0 saturated heterocycles. The summed E-state index contributed by atoms with van der Waals surface area (Å²) in [5.74, 6) is -0.206. The summed E-state index contributed by atoms with van der Waals surface area (Å²) in [7, 11) is -3.93. The van der Waals surface area contributed by atoms with Crippen LogP contribution in [0.25, 0.3) is 33.2 Å². The van der Waals surface area contributed by atoms with Crippen LogP contribution in [0.1, 0.15) is 20.8 Å². The molecule has 38 heavy (non-hydrogen) atoms. The number of nitrogens with one attached hydrogen (secondary N) is 1. The average molecular weight is 616 g/mol. The van der Waals surface area contributed by atoms with Gasteiger partial charge < -0.3 is 14.5 Å². The van der Waals surface area contributed by atoms with Crippen molar-refractivity contribution >= 4 is 65.3 Å². The van der Waals surface area contributed by atoms with Crippen LogP contribution in [-0.2, 0) is 19.6 Å². The first-order chi connectivity index (χ1) is 17.9. The number of hydrogen-bond donors (Lipinski definition) is 1. The molecule has 7 nitrogen and oxygen atoms in total. The summed E-state index contributed by atoms with van der Waals surface area (Å²) in [6.45, 7) is 5.04. The van der Waals surface area contributed by atoms with E-state index in [2.05, 4.69) is 20.9 Å². The molecule has 196 valence electrons. The van der Waals surface area contributed by atoms with Crippen molar-refractivity contribution in [3.05, 3.63) is 82.3 Å². The van der Waals surface area contributed by atoms with Crippen molar-refractivity contribution in [3.8, 4) is 17.1 Å². The van der Waals surface area contributed by atoms with Gasteiger partial charge in [0.05, 0.1) is 26.8 Å². The summed E-state index contributed by atoms with van der Waals surface area (Å²) in [5, 5.41) is 1.83. The van der Waals surface area contributed by atoms with Crippen molar-refractivity contribution in [1.82, 2.24) is 8.96 Å². The molecule has 0 aliphatic heterocycles. The third-order valence-electron chi connectivity index (χ3n) is 5.72. The molecule has 5 aromatic rings. The van der Waals surface area contributed by atoms with Crippen molar-refractivity contribution in [1.29, 1.82) is 0 Å². The minimum Gasteiger partial charge on any atom is -0.480 e. The molecule has 0 amide bonds. The molecule has 5 rings (SSSR count). The lowest BCUT2D eigenvalue weighted by molar-refractivity contribution is -0.157. The highest BCUT2D eigenvalue weighted by atomic mass is 79.9. The van der Waals surface area contributed by atoms with Crippen LogP contribution >= 0.6 is 27.5 Å². The Kier molecular flexibility index (Phi) is 6.79. The summed E-state index contributed by atoms with van der Waals surface area (Å²) >= 11 is 9.91. The van der Waals surface area contributed by atoms with Crippen molar-refractivity contribution in [2.75, 3.05) is 6.61 Å². The number of benzene rings is 3. The smallest absolute Gasteiger partial charge is 0.344 e. The van der Waals surface area contributed by atoms with E-state index in [1.54, 1.807) is 69.3 Å². The van der Waals surface area contributed by atoms with Gasteiger partial charge in [0.2, 0.25) is 0 Å². The Balaban J connectivity index is 1.59. The summed E-state index contributed by atoms with van der Waals surface area (Å²) in [4.78, 5) is 15.6. The van der Waals surface area contributed by atoms with E-state index in [0.717, 1.165) is 15.2 Å². The molecule has 0 aliphatic carbocycles. The molecule has 2 heterocycles. The average Bonchev–Trinajstić information content (AvgIpc) is 3.43. The largest absolute Gasteiger partial charge is 0.480 e. The zero-order chi connectivity index (χ0) is 27.2. The van der Waals surface area contributed by atoms with Crippen LogP contribution in [0.15, 0.2) is 82.2 Å². The molecule has 10 heteroatoms. The second-order valence-corrected chi connectivity index (χ2v) is 12.9. The molecule has 0 aliphatic rings. The quantitative estimate of drug-likeness (QED) is 0.205. The van der Waals surface area contributed by atoms with Gasteiger partial charge in [-0.2, -0.15) is 0 Å². The van der Waals surface area contributed by atoms with E-state index in [-0.39, 0.29) is 11.5 Å². The molecule has 2 aromatic heterocycles. The number of halogens is 2. The van der Waals surface area contributed by atoms with Gasteiger partial charge in [0.25, 0.3) is 10.0 Å². The van der Waals surface area contributed by atoms with E-state index in [1.807, 2.05) is 24.3 Å². The minimum atomic E-state index is -3.93. The molecule has 0 saturated carbocycles. The van der Waals surface area contributed by atoms with Gasteiger partial charge in [-0.15, -0.1) is 0 Å². The highest BCUT2D eigenvalue weighted by Crippen LogP contribution is 2.37. The van der Waals surface area contributed by atoms with Crippen LogP contribution in [0.3, 0.4) is 0 Å². The van der Waals surface area contributed by atoms with Gasteiger partial charge in [-0.3, -0.25) is 0 Å². The Morgan fingerprint density at radius 3 is 2.45 bits per heavy atom. The van der Waals surface area contributed by atoms with Gasteiger partial charge >= 0.3 is 5.97 Å². The van der Waals surface area contributed by atoms with Gasteiger partial charge in [-0.05, 0) is 63.2 Å². The van der Waals surface area contributed by atoms with Crippen LogP contribution in [0, 0.1) is 0 Å². The molecule has 0 radical (unpaired) electrons. The number of aromatic nitrogens is 2. The number of nitrogens with zero attached hydrogens (tertiary/aromatic N) is 1. The van der Waals surface area contributed by atoms with Gasteiger partial charge in [0, 0.05) is 26.8 Å². The first kappa shape index (κ1) is 26.3. The predicted molar refractivity (Wildman–Crippen MR) is 152 cm³/mol. The van der Waals surface area contributed by atoms with Gasteiger partial charge in [0.15, 0.2) is 6.61 Å². The monoisotopic (exact) mass is 614 g/mol. The second-order valence-electron chi connectivity index (χ2n) is 9.74. The molecule has 3 aromatic carbocycles. The highest BCUT2D eigenvalue weighted by Gasteiger charge is 2.25. The van der Waals surface area contributed by atoms with Crippen LogP contribution in [0.5, 0.6) is 5.75 Å². The SMILES string of the molecule is CC(C)(C)OC(=O)COc1cc2[nH]c(-c3cc4ccc(Br)cc4n3S(=O)(=O)c3ccccc3)cc2cc1Cl. The number of carbonyl (C=O) groups excluding carboxylic acids is 1. The summed E-state index contributed by atoms with van der Waals surface area (Å²) in [6, 6.07) is 20.9. The molecular formula is C28H24BrClN2O5S. The number of ether oxygens (including phenoxy) is 2. The summed E-state index contributed by atoms with van der Waals surface area (Å²) < 4.78 is 40.7.